The SMILES string of the molecule is Cc1ccc2c(c1)cc1c3ccccc3cc(C(F)(F)F)n21. The van der Waals surface area contributed by atoms with Gasteiger partial charge in [0.05, 0.1) is 11.0 Å². The van der Waals surface area contributed by atoms with E-state index in [1.165, 1.54) is 10.5 Å². The third kappa shape index (κ3) is 1.80. The number of benzene rings is 2. The monoisotopic (exact) mass is 299 g/mol. The first kappa shape index (κ1) is 13.2. The lowest BCUT2D eigenvalue weighted by atomic mass is 10.1. The number of rotatable bonds is 0. The topological polar surface area (TPSA) is 4.41 Å². The fourth-order valence-corrected chi connectivity index (χ4v) is 3.07. The smallest absolute Gasteiger partial charge is 0.305 e. The quantitative estimate of drug-likeness (QED) is 0.399. The van der Waals surface area contributed by atoms with Crippen molar-refractivity contribution in [3.63, 3.8) is 0 Å². The second-order valence-corrected chi connectivity index (χ2v) is 5.54. The molecule has 0 spiro atoms. The number of aromatic nitrogens is 1. The molecule has 4 aromatic rings. The number of hydrogen-bond acceptors (Lipinski definition) is 0. The molecule has 2 aromatic carbocycles. The third-order valence-corrected chi connectivity index (χ3v) is 4.02. The lowest BCUT2D eigenvalue weighted by Gasteiger charge is -2.13. The highest BCUT2D eigenvalue weighted by atomic mass is 19.4. The van der Waals surface area contributed by atoms with Gasteiger partial charge in [-0.25, -0.2) is 0 Å². The Morgan fingerprint density at radius 2 is 1.59 bits per heavy atom. The summed E-state index contributed by atoms with van der Waals surface area (Å²) in [5.41, 5.74) is 1.56. The minimum Gasteiger partial charge on any atom is -0.305 e. The minimum atomic E-state index is -4.40. The Hall–Kier alpha value is -2.49. The summed E-state index contributed by atoms with van der Waals surface area (Å²) in [6.07, 6.45) is -4.40. The van der Waals surface area contributed by atoms with Crippen LogP contribution < -0.4 is 0 Å². The maximum atomic E-state index is 13.5. The second kappa shape index (κ2) is 4.26. The van der Waals surface area contributed by atoms with Gasteiger partial charge in [0, 0.05) is 10.8 Å². The molecule has 0 amide bonds. The molecule has 0 saturated carbocycles. The number of halogens is 3. The summed E-state index contributed by atoms with van der Waals surface area (Å²) < 4.78 is 41.8. The van der Waals surface area contributed by atoms with Gasteiger partial charge < -0.3 is 4.40 Å². The third-order valence-electron chi connectivity index (χ3n) is 4.02. The molecule has 2 aromatic heterocycles. The predicted octanol–water partition coefficient (Wildman–Crippen LogP) is 5.57. The van der Waals surface area contributed by atoms with Crippen molar-refractivity contribution in [3.8, 4) is 0 Å². The number of aryl methyl sites for hydroxylation is 1. The van der Waals surface area contributed by atoms with Crippen molar-refractivity contribution in [2.75, 3.05) is 0 Å². The van der Waals surface area contributed by atoms with Gasteiger partial charge in [0.25, 0.3) is 0 Å². The van der Waals surface area contributed by atoms with Crippen LogP contribution in [-0.2, 0) is 6.18 Å². The first-order valence-electron chi connectivity index (χ1n) is 6.96. The molecule has 2 heterocycles. The van der Waals surface area contributed by atoms with Crippen LogP contribution in [-0.4, -0.2) is 4.40 Å². The highest BCUT2D eigenvalue weighted by Crippen LogP contribution is 2.36. The van der Waals surface area contributed by atoms with E-state index in [1.54, 1.807) is 18.2 Å². The molecule has 4 rings (SSSR count). The molecule has 0 atom stereocenters. The van der Waals surface area contributed by atoms with E-state index in [0.717, 1.165) is 16.3 Å². The van der Waals surface area contributed by atoms with E-state index in [9.17, 15) is 13.2 Å². The fraction of sp³-hybridized carbons (Fsp3) is 0.111. The lowest BCUT2D eigenvalue weighted by molar-refractivity contribution is -0.141. The van der Waals surface area contributed by atoms with Crippen LogP contribution in [0.3, 0.4) is 0 Å². The molecule has 0 fully saturated rings. The van der Waals surface area contributed by atoms with Crippen LogP contribution in [0.4, 0.5) is 13.2 Å². The first-order chi connectivity index (χ1) is 10.4. The van der Waals surface area contributed by atoms with Crippen LogP contribution in [0.1, 0.15) is 11.3 Å². The van der Waals surface area contributed by atoms with Gasteiger partial charge in [-0.2, -0.15) is 13.2 Å². The summed E-state index contributed by atoms with van der Waals surface area (Å²) in [7, 11) is 0. The fourth-order valence-electron chi connectivity index (χ4n) is 3.07. The number of hydrogen-bond donors (Lipinski definition) is 0. The van der Waals surface area contributed by atoms with Crippen LogP contribution in [0.5, 0.6) is 0 Å². The number of nitrogens with zero attached hydrogens (tertiary/aromatic N) is 1. The Morgan fingerprint density at radius 3 is 2.36 bits per heavy atom. The van der Waals surface area contributed by atoms with Crippen molar-refractivity contribution in [1.82, 2.24) is 4.40 Å². The van der Waals surface area contributed by atoms with Crippen LogP contribution in [0.2, 0.25) is 0 Å². The molecule has 4 heteroatoms. The van der Waals surface area contributed by atoms with E-state index in [1.807, 2.05) is 37.3 Å². The standard InChI is InChI=1S/C18H12F3N/c1-11-6-7-15-13(8-11)9-16-14-5-3-2-4-12(14)10-17(22(15)16)18(19,20)21/h2-10H,1H3. The Morgan fingerprint density at radius 1 is 0.818 bits per heavy atom. The molecule has 0 radical (unpaired) electrons. The predicted molar refractivity (Wildman–Crippen MR) is 82.1 cm³/mol. The molecule has 0 N–H and O–H groups in total. The van der Waals surface area contributed by atoms with E-state index in [0.29, 0.717) is 16.4 Å². The summed E-state index contributed by atoms with van der Waals surface area (Å²) in [4.78, 5) is 0. The molecule has 0 aliphatic heterocycles. The maximum Gasteiger partial charge on any atom is 0.431 e. The normalized spacial score (nSPS) is 12.5. The molecular weight excluding hydrogens is 287 g/mol. The Bertz CT molecular complexity index is 1030. The summed E-state index contributed by atoms with van der Waals surface area (Å²) in [5.74, 6) is 0. The van der Waals surface area contributed by atoms with Crippen LogP contribution in [0.25, 0.3) is 27.2 Å². The second-order valence-electron chi connectivity index (χ2n) is 5.54. The molecular formula is C18H12F3N. The van der Waals surface area contributed by atoms with E-state index in [-0.39, 0.29) is 0 Å². The van der Waals surface area contributed by atoms with Crippen LogP contribution >= 0.6 is 0 Å². The van der Waals surface area contributed by atoms with Crippen molar-refractivity contribution in [3.05, 3.63) is 65.9 Å². The average Bonchev–Trinajstić information content (AvgIpc) is 2.83. The lowest BCUT2D eigenvalue weighted by Crippen LogP contribution is -2.11. The highest BCUT2D eigenvalue weighted by molar-refractivity contribution is 6.02. The molecule has 22 heavy (non-hydrogen) atoms. The molecule has 110 valence electrons. The zero-order chi connectivity index (χ0) is 15.5. The van der Waals surface area contributed by atoms with Crippen LogP contribution in [0.15, 0.2) is 54.6 Å². The van der Waals surface area contributed by atoms with Crippen molar-refractivity contribution >= 4 is 27.2 Å². The summed E-state index contributed by atoms with van der Waals surface area (Å²) >= 11 is 0. The van der Waals surface area contributed by atoms with Gasteiger partial charge in [0.15, 0.2) is 0 Å². The van der Waals surface area contributed by atoms with Gasteiger partial charge in [-0.15, -0.1) is 0 Å². The summed E-state index contributed by atoms with van der Waals surface area (Å²) in [6.45, 7) is 1.94. The van der Waals surface area contributed by atoms with Gasteiger partial charge in [-0.1, -0.05) is 35.9 Å². The largest absolute Gasteiger partial charge is 0.431 e. The summed E-state index contributed by atoms with van der Waals surface area (Å²) in [6, 6.07) is 15.7. The zero-order valence-corrected chi connectivity index (χ0v) is 11.8. The van der Waals surface area contributed by atoms with Gasteiger partial charge in [0.1, 0.15) is 5.69 Å². The number of pyridine rings is 1. The zero-order valence-electron chi connectivity index (χ0n) is 11.8. The molecule has 1 nitrogen and oxygen atoms in total. The van der Waals surface area contributed by atoms with Gasteiger partial charge >= 0.3 is 6.18 Å². The first-order valence-corrected chi connectivity index (χ1v) is 6.96. The Kier molecular flexibility index (Phi) is 2.55. The number of alkyl halides is 3. The Balaban J connectivity index is 2.31. The van der Waals surface area contributed by atoms with Gasteiger partial charge in [-0.05, 0) is 36.6 Å². The van der Waals surface area contributed by atoms with Gasteiger partial charge in [0.2, 0.25) is 0 Å². The summed E-state index contributed by atoms with van der Waals surface area (Å²) in [5, 5.41) is 2.24. The van der Waals surface area contributed by atoms with Crippen molar-refractivity contribution in [2.24, 2.45) is 0 Å². The van der Waals surface area contributed by atoms with Crippen LogP contribution in [0, 0.1) is 6.92 Å². The van der Waals surface area contributed by atoms with E-state index < -0.39 is 11.9 Å². The maximum absolute atomic E-state index is 13.5. The van der Waals surface area contributed by atoms with E-state index in [4.69, 9.17) is 0 Å². The molecule has 0 unspecified atom stereocenters. The molecule has 0 bridgehead atoms. The van der Waals surface area contributed by atoms with Gasteiger partial charge in [-0.3, -0.25) is 0 Å². The molecule has 0 aliphatic carbocycles. The molecule has 0 saturated heterocycles. The van der Waals surface area contributed by atoms with Crippen molar-refractivity contribution in [1.29, 1.82) is 0 Å². The van der Waals surface area contributed by atoms with Crippen molar-refractivity contribution in [2.45, 2.75) is 13.1 Å². The average molecular weight is 299 g/mol. The minimum absolute atomic E-state index is 0.582. The van der Waals surface area contributed by atoms with Crippen molar-refractivity contribution < 1.29 is 13.2 Å². The molecule has 0 aliphatic rings. The Labute approximate surface area is 124 Å². The van der Waals surface area contributed by atoms with E-state index >= 15 is 0 Å². The highest BCUT2D eigenvalue weighted by Gasteiger charge is 2.34. The van der Waals surface area contributed by atoms with E-state index in [2.05, 4.69) is 0 Å². The number of fused-ring (bicyclic) bond motifs is 5.